The van der Waals surface area contributed by atoms with Crippen LogP contribution in [0.5, 0.6) is 0 Å². The fourth-order valence-electron chi connectivity index (χ4n) is 1.82. The first-order chi connectivity index (χ1) is 8.09. The standard InChI is InChI=1S/C12H11ClFNO2/c13-9-3-1-4-10(14)8(9)7-15-11(16)5-2-6-12(15)17/h1,3-4H,2,5-7H2. The van der Waals surface area contributed by atoms with Crippen molar-refractivity contribution < 1.29 is 14.0 Å². The molecule has 0 aromatic heterocycles. The minimum absolute atomic E-state index is 0.0802. The summed E-state index contributed by atoms with van der Waals surface area (Å²) in [4.78, 5) is 24.2. The lowest BCUT2D eigenvalue weighted by molar-refractivity contribution is -0.148. The van der Waals surface area contributed by atoms with Crippen LogP contribution in [0.25, 0.3) is 0 Å². The molecule has 0 N–H and O–H groups in total. The average molecular weight is 256 g/mol. The highest BCUT2D eigenvalue weighted by Gasteiger charge is 2.27. The molecule has 0 aliphatic carbocycles. The predicted octanol–water partition coefficient (Wildman–Crippen LogP) is 2.52. The number of piperidine rings is 1. The van der Waals surface area contributed by atoms with Crippen LogP contribution in [-0.2, 0) is 16.1 Å². The van der Waals surface area contributed by atoms with Crippen molar-refractivity contribution in [2.24, 2.45) is 0 Å². The average Bonchev–Trinajstić information content (AvgIpc) is 2.27. The fourth-order valence-corrected chi connectivity index (χ4v) is 2.04. The Hall–Kier alpha value is -1.42. The van der Waals surface area contributed by atoms with E-state index in [1.54, 1.807) is 6.07 Å². The van der Waals surface area contributed by atoms with Gasteiger partial charge in [0.05, 0.1) is 6.54 Å². The second-order valence-corrected chi connectivity index (χ2v) is 4.33. The minimum atomic E-state index is -0.497. The van der Waals surface area contributed by atoms with Crippen molar-refractivity contribution in [3.8, 4) is 0 Å². The number of halogens is 2. The first-order valence-electron chi connectivity index (χ1n) is 5.35. The molecule has 0 spiro atoms. The van der Waals surface area contributed by atoms with E-state index in [2.05, 4.69) is 0 Å². The van der Waals surface area contributed by atoms with Crippen molar-refractivity contribution >= 4 is 23.4 Å². The fraction of sp³-hybridized carbons (Fsp3) is 0.333. The molecular weight excluding hydrogens is 245 g/mol. The molecule has 90 valence electrons. The van der Waals surface area contributed by atoms with Crippen LogP contribution in [0.1, 0.15) is 24.8 Å². The van der Waals surface area contributed by atoms with Crippen LogP contribution in [0.15, 0.2) is 18.2 Å². The van der Waals surface area contributed by atoms with Gasteiger partial charge < -0.3 is 0 Å². The van der Waals surface area contributed by atoms with Gasteiger partial charge in [0.15, 0.2) is 0 Å². The molecule has 0 saturated carbocycles. The van der Waals surface area contributed by atoms with Gasteiger partial charge in [-0.2, -0.15) is 0 Å². The van der Waals surface area contributed by atoms with Crippen molar-refractivity contribution in [3.63, 3.8) is 0 Å². The van der Waals surface area contributed by atoms with Gasteiger partial charge in [-0.1, -0.05) is 17.7 Å². The summed E-state index contributed by atoms with van der Waals surface area (Å²) in [6.45, 7) is -0.0802. The van der Waals surface area contributed by atoms with Crippen LogP contribution in [-0.4, -0.2) is 16.7 Å². The summed E-state index contributed by atoms with van der Waals surface area (Å²) in [5, 5.41) is 0.233. The number of benzene rings is 1. The zero-order valence-corrected chi connectivity index (χ0v) is 9.84. The third kappa shape index (κ3) is 2.47. The maximum absolute atomic E-state index is 13.5. The Morgan fingerprint density at radius 1 is 1.24 bits per heavy atom. The van der Waals surface area contributed by atoms with Gasteiger partial charge in [0.2, 0.25) is 11.8 Å². The lowest BCUT2D eigenvalue weighted by Gasteiger charge is -2.25. The van der Waals surface area contributed by atoms with Crippen LogP contribution in [0.3, 0.4) is 0 Å². The van der Waals surface area contributed by atoms with E-state index < -0.39 is 5.82 Å². The lowest BCUT2D eigenvalue weighted by atomic mass is 10.1. The molecule has 1 heterocycles. The van der Waals surface area contributed by atoms with E-state index in [1.165, 1.54) is 12.1 Å². The number of likely N-dealkylation sites (tertiary alicyclic amines) is 1. The van der Waals surface area contributed by atoms with Gasteiger partial charge in [-0.25, -0.2) is 4.39 Å². The van der Waals surface area contributed by atoms with E-state index in [1.807, 2.05) is 0 Å². The molecule has 1 aromatic carbocycles. The largest absolute Gasteiger partial charge is 0.278 e. The molecule has 5 heteroatoms. The second-order valence-electron chi connectivity index (χ2n) is 3.93. The van der Waals surface area contributed by atoms with Gasteiger partial charge in [-0.3, -0.25) is 14.5 Å². The molecule has 2 rings (SSSR count). The van der Waals surface area contributed by atoms with Crippen LogP contribution in [0.2, 0.25) is 5.02 Å². The normalized spacial score (nSPS) is 16.5. The SMILES string of the molecule is O=C1CCCC(=O)N1Cc1c(F)cccc1Cl. The quantitative estimate of drug-likeness (QED) is 0.762. The Bertz CT molecular complexity index is 439. The molecule has 3 nitrogen and oxygen atoms in total. The number of rotatable bonds is 2. The van der Waals surface area contributed by atoms with Crippen LogP contribution >= 0.6 is 11.6 Å². The molecule has 1 fully saturated rings. The summed E-state index contributed by atoms with van der Waals surface area (Å²) >= 11 is 5.85. The van der Waals surface area contributed by atoms with Gasteiger partial charge in [-0.05, 0) is 18.6 Å². The molecule has 0 bridgehead atoms. The highest BCUT2D eigenvalue weighted by atomic mass is 35.5. The molecule has 0 unspecified atom stereocenters. The molecule has 2 amide bonds. The zero-order chi connectivity index (χ0) is 12.4. The van der Waals surface area contributed by atoms with Crippen LogP contribution < -0.4 is 0 Å². The maximum atomic E-state index is 13.5. The number of carbonyl (C=O) groups is 2. The van der Waals surface area contributed by atoms with Crippen LogP contribution in [0.4, 0.5) is 4.39 Å². The summed E-state index contributed by atoms with van der Waals surface area (Å²) in [5.41, 5.74) is 0.192. The van der Waals surface area contributed by atoms with E-state index in [0.29, 0.717) is 19.3 Å². The van der Waals surface area contributed by atoms with E-state index in [4.69, 9.17) is 11.6 Å². The second kappa shape index (κ2) is 4.84. The Morgan fingerprint density at radius 2 is 1.88 bits per heavy atom. The third-order valence-electron chi connectivity index (χ3n) is 2.76. The van der Waals surface area contributed by atoms with Crippen LogP contribution in [0, 0.1) is 5.82 Å². The van der Waals surface area contributed by atoms with Crippen molar-refractivity contribution in [1.82, 2.24) is 4.90 Å². The number of hydrogen-bond acceptors (Lipinski definition) is 2. The number of hydrogen-bond donors (Lipinski definition) is 0. The summed E-state index contributed by atoms with van der Waals surface area (Å²) in [6.07, 6.45) is 1.23. The Morgan fingerprint density at radius 3 is 2.47 bits per heavy atom. The first-order valence-corrected chi connectivity index (χ1v) is 5.73. The van der Waals surface area contributed by atoms with E-state index >= 15 is 0 Å². The summed E-state index contributed by atoms with van der Waals surface area (Å²) in [6, 6.07) is 4.29. The molecule has 1 aromatic rings. The molecule has 1 aliphatic heterocycles. The predicted molar refractivity (Wildman–Crippen MR) is 60.8 cm³/mol. The van der Waals surface area contributed by atoms with Crippen molar-refractivity contribution in [1.29, 1.82) is 0 Å². The number of imide groups is 1. The zero-order valence-electron chi connectivity index (χ0n) is 9.08. The van der Waals surface area contributed by atoms with E-state index in [9.17, 15) is 14.0 Å². The minimum Gasteiger partial charge on any atom is -0.278 e. The van der Waals surface area contributed by atoms with Gasteiger partial charge >= 0.3 is 0 Å². The summed E-state index contributed by atoms with van der Waals surface area (Å²) < 4.78 is 13.5. The Labute approximate surface area is 103 Å². The topological polar surface area (TPSA) is 37.4 Å². The molecule has 1 aliphatic rings. The maximum Gasteiger partial charge on any atom is 0.229 e. The Balaban J connectivity index is 2.25. The van der Waals surface area contributed by atoms with Gasteiger partial charge in [0.25, 0.3) is 0 Å². The van der Waals surface area contributed by atoms with Gasteiger partial charge in [-0.15, -0.1) is 0 Å². The van der Waals surface area contributed by atoms with Crippen molar-refractivity contribution in [2.75, 3.05) is 0 Å². The first kappa shape index (κ1) is 12.0. The van der Waals surface area contributed by atoms with E-state index in [-0.39, 0.29) is 28.9 Å². The number of nitrogens with zero attached hydrogens (tertiary/aromatic N) is 1. The molecular formula is C12H11ClFNO2. The summed E-state index contributed by atoms with van der Waals surface area (Å²) in [5.74, 6) is -1.02. The smallest absolute Gasteiger partial charge is 0.229 e. The van der Waals surface area contributed by atoms with Crippen molar-refractivity contribution in [2.45, 2.75) is 25.8 Å². The molecule has 0 radical (unpaired) electrons. The monoisotopic (exact) mass is 255 g/mol. The molecule has 0 atom stereocenters. The third-order valence-corrected chi connectivity index (χ3v) is 3.12. The van der Waals surface area contributed by atoms with Crippen molar-refractivity contribution in [3.05, 3.63) is 34.6 Å². The summed E-state index contributed by atoms with van der Waals surface area (Å²) in [7, 11) is 0. The highest BCUT2D eigenvalue weighted by molar-refractivity contribution is 6.31. The van der Waals surface area contributed by atoms with E-state index in [0.717, 1.165) is 4.90 Å². The number of carbonyl (C=O) groups excluding carboxylic acids is 2. The Kier molecular flexibility index (Phi) is 3.43. The lowest BCUT2D eigenvalue weighted by Crippen LogP contribution is -2.39. The van der Waals surface area contributed by atoms with Gasteiger partial charge in [0.1, 0.15) is 5.82 Å². The molecule has 17 heavy (non-hydrogen) atoms. The van der Waals surface area contributed by atoms with Gasteiger partial charge in [0, 0.05) is 23.4 Å². The number of amides is 2. The highest BCUT2D eigenvalue weighted by Crippen LogP contribution is 2.23. The molecule has 1 saturated heterocycles.